The fourth-order valence-corrected chi connectivity index (χ4v) is 16.8. The minimum absolute atomic E-state index is 0.534. The van der Waals surface area contributed by atoms with Crippen LogP contribution in [0.15, 0.2) is 309 Å². The first-order valence-electron chi connectivity index (χ1n) is 29.7. The molecule has 0 atom stereocenters. The van der Waals surface area contributed by atoms with Crippen LogP contribution in [0.25, 0.3) is 66.1 Å². The van der Waals surface area contributed by atoms with Gasteiger partial charge in [-0.2, -0.15) is 0 Å². The van der Waals surface area contributed by atoms with E-state index in [0.717, 1.165) is 61.2 Å². The lowest BCUT2D eigenvalue weighted by molar-refractivity contribution is 0.447. The highest BCUT2D eigenvalue weighted by Crippen LogP contribution is 2.67. The topological polar surface area (TPSA) is 12.5 Å². The number of hydrogen-bond acceptors (Lipinski definition) is 2. The number of fused-ring (bicyclic) bond motifs is 26. The van der Waals surface area contributed by atoms with Crippen LogP contribution in [0.4, 0.5) is 17.1 Å². The third-order valence-electron chi connectivity index (χ3n) is 20.0. The van der Waals surface area contributed by atoms with E-state index in [1.54, 1.807) is 0 Å². The summed E-state index contributed by atoms with van der Waals surface area (Å²) in [5.74, 6) is 1.81. The molecule has 4 aliphatic carbocycles. The maximum atomic E-state index is 7.44. The molecule has 0 saturated heterocycles. The quantitative estimate of drug-likeness (QED) is 0.170. The second kappa shape index (κ2) is 17.1. The molecule has 0 amide bonds. The fourth-order valence-electron chi connectivity index (χ4n) is 16.8. The van der Waals surface area contributed by atoms with Gasteiger partial charge in [-0.3, -0.25) is 0 Å². The molecule has 1 heterocycles. The van der Waals surface area contributed by atoms with Crippen LogP contribution in [0.5, 0.6) is 11.5 Å². The van der Waals surface area contributed by atoms with Gasteiger partial charge in [0.1, 0.15) is 11.5 Å². The fraction of sp³-hybridized carbons (Fsp3) is 0.0361. The molecule has 19 rings (SSSR count). The monoisotopic (exact) mass is 1080 g/mol. The van der Waals surface area contributed by atoms with E-state index in [2.05, 4.69) is 314 Å². The lowest BCUT2D eigenvalue weighted by atomic mass is 9.65. The van der Waals surface area contributed by atoms with Crippen molar-refractivity contribution in [3.63, 3.8) is 0 Å². The molecule has 0 radical (unpaired) electrons. The summed E-state index contributed by atoms with van der Waals surface area (Å²) in [5, 5.41) is 4.50. The summed E-state index contributed by atoms with van der Waals surface area (Å²) in [6.07, 6.45) is 0. The predicted molar refractivity (Wildman–Crippen MR) is 347 cm³/mol. The Morgan fingerprint density at radius 2 is 0.529 bits per heavy atom. The van der Waals surface area contributed by atoms with E-state index in [1.165, 1.54) is 100 Å². The van der Waals surface area contributed by atoms with E-state index in [0.29, 0.717) is 0 Å². The Bertz CT molecular complexity index is 5000. The Labute approximate surface area is 493 Å². The third kappa shape index (κ3) is 5.88. The largest absolute Gasteiger partial charge is 0.455 e. The van der Waals surface area contributed by atoms with Crippen molar-refractivity contribution < 1.29 is 4.74 Å². The van der Waals surface area contributed by atoms with Gasteiger partial charge in [0, 0.05) is 39.0 Å². The maximum absolute atomic E-state index is 7.44. The molecule has 0 N–H and O–H groups in total. The van der Waals surface area contributed by atoms with E-state index in [9.17, 15) is 0 Å². The third-order valence-corrected chi connectivity index (χ3v) is 20.0. The van der Waals surface area contributed by atoms with Gasteiger partial charge in [-0.05, 0) is 147 Å². The van der Waals surface area contributed by atoms with Crippen LogP contribution in [-0.4, -0.2) is 0 Å². The van der Waals surface area contributed by atoms with Crippen molar-refractivity contribution in [2.45, 2.75) is 16.2 Å². The van der Waals surface area contributed by atoms with Crippen LogP contribution in [0, 0.1) is 0 Å². The summed E-state index contributed by atoms with van der Waals surface area (Å²) < 4.78 is 7.44. The van der Waals surface area contributed by atoms with Crippen LogP contribution < -0.4 is 9.64 Å². The number of nitrogens with zero attached hydrogens (tertiary/aromatic N) is 1. The van der Waals surface area contributed by atoms with Crippen LogP contribution in [0.1, 0.15) is 66.8 Å². The van der Waals surface area contributed by atoms with Gasteiger partial charge in [-0.15, -0.1) is 0 Å². The van der Waals surface area contributed by atoms with E-state index in [-0.39, 0.29) is 0 Å². The van der Waals surface area contributed by atoms with Crippen molar-refractivity contribution in [2.24, 2.45) is 0 Å². The van der Waals surface area contributed by atoms with Crippen molar-refractivity contribution >= 4 is 38.6 Å². The highest BCUT2D eigenvalue weighted by molar-refractivity contribution is 6.02. The number of anilines is 3. The van der Waals surface area contributed by atoms with Crippen LogP contribution >= 0.6 is 0 Å². The second-order valence-electron chi connectivity index (χ2n) is 23.7. The van der Waals surface area contributed by atoms with Crippen molar-refractivity contribution in [3.05, 3.63) is 376 Å². The van der Waals surface area contributed by atoms with Gasteiger partial charge in [0.05, 0.1) is 16.2 Å². The van der Waals surface area contributed by atoms with E-state index in [1.807, 2.05) is 0 Å². The predicted octanol–water partition coefficient (Wildman–Crippen LogP) is 20.6. The minimum atomic E-state index is -0.743. The molecule has 14 aromatic carbocycles. The summed E-state index contributed by atoms with van der Waals surface area (Å²) in [6, 6.07) is 117. The molecular weight excluding hydrogens is 1030 g/mol. The molecule has 0 saturated carbocycles. The first kappa shape index (κ1) is 46.8. The number of rotatable bonds is 5. The molecule has 0 bridgehead atoms. The van der Waals surface area contributed by atoms with Gasteiger partial charge in [-0.1, -0.05) is 273 Å². The highest BCUT2D eigenvalue weighted by atomic mass is 16.5. The minimum Gasteiger partial charge on any atom is -0.455 e. The van der Waals surface area contributed by atoms with Crippen molar-refractivity contribution in [1.29, 1.82) is 0 Å². The van der Waals surface area contributed by atoms with Crippen molar-refractivity contribution in [3.8, 4) is 56.0 Å². The Kier molecular flexibility index (Phi) is 9.43. The zero-order chi connectivity index (χ0) is 55.6. The molecule has 1 aliphatic heterocycles. The molecule has 394 valence electrons. The summed E-state index contributed by atoms with van der Waals surface area (Å²) in [5.41, 5.74) is 26.6. The summed E-state index contributed by atoms with van der Waals surface area (Å²) in [4.78, 5) is 2.57. The van der Waals surface area contributed by atoms with E-state index >= 15 is 0 Å². The van der Waals surface area contributed by atoms with Crippen molar-refractivity contribution in [2.75, 3.05) is 4.90 Å². The number of ether oxygens (including phenoxy) is 1. The van der Waals surface area contributed by atoms with Crippen LogP contribution in [0.3, 0.4) is 0 Å². The van der Waals surface area contributed by atoms with Crippen LogP contribution in [0.2, 0.25) is 0 Å². The van der Waals surface area contributed by atoms with Gasteiger partial charge in [0.15, 0.2) is 0 Å². The smallest absolute Gasteiger partial charge is 0.140 e. The van der Waals surface area contributed by atoms with E-state index in [4.69, 9.17) is 4.74 Å². The van der Waals surface area contributed by atoms with Gasteiger partial charge in [0.25, 0.3) is 0 Å². The molecule has 2 heteroatoms. The molecular formula is C83H51NO. The summed E-state index contributed by atoms with van der Waals surface area (Å²) >= 11 is 0. The second-order valence-corrected chi connectivity index (χ2v) is 23.7. The Morgan fingerprint density at radius 3 is 0.988 bits per heavy atom. The van der Waals surface area contributed by atoms with Crippen LogP contribution in [-0.2, 0) is 16.2 Å². The highest BCUT2D eigenvalue weighted by Gasteiger charge is 2.54. The van der Waals surface area contributed by atoms with Crippen molar-refractivity contribution in [1.82, 2.24) is 0 Å². The lowest BCUT2D eigenvalue weighted by Crippen LogP contribution is -2.32. The normalized spacial score (nSPS) is 14.7. The molecule has 0 fully saturated rings. The molecule has 0 aromatic heterocycles. The molecule has 0 unspecified atom stereocenters. The average Bonchev–Trinajstić information content (AvgIpc) is 1.66. The van der Waals surface area contributed by atoms with Gasteiger partial charge in [-0.25, -0.2) is 0 Å². The number of benzene rings is 14. The maximum Gasteiger partial charge on any atom is 0.140 e. The first-order valence-corrected chi connectivity index (χ1v) is 29.7. The molecule has 2 spiro atoms. The average molecular weight is 1080 g/mol. The summed E-state index contributed by atoms with van der Waals surface area (Å²) in [7, 11) is 0. The zero-order valence-corrected chi connectivity index (χ0v) is 46.3. The Hall–Kier alpha value is -10.8. The standard InChI is InChI=1S/C83H51NO/c1-3-23-54(24-4-1)81(55-25-5-2-6-26-55)69-34-16-15-33-65(69)68-49-56(43-48-74(68)81)84(57-41-44-66-63-31-13-19-37-72(63)82(77(66)50-57)70-35-17-11-29-61(70)62-30-12-18-36-71(62)82)58-42-45-67-64-32-14-20-38-73(64)83(78(67)51-58)75-46-39-52-21-7-9-27-59(52)79(75)85-80-60-28-10-8-22-53(60)40-47-76(80)83/h1-51H. The Morgan fingerprint density at radius 1 is 0.212 bits per heavy atom. The van der Waals surface area contributed by atoms with Gasteiger partial charge < -0.3 is 9.64 Å². The molecule has 5 aliphatic rings. The molecule has 14 aromatic rings. The first-order chi connectivity index (χ1) is 42.2. The Balaban J connectivity index is 0.912. The zero-order valence-electron chi connectivity index (χ0n) is 46.3. The lowest BCUT2D eigenvalue weighted by Gasteiger charge is -2.40. The molecule has 85 heavy (non-hydrogen) atoms. The molecule has 2 nitrogen and oxygen atoms in total. The SMILES string of the molecule is c1ccc(C2(c3ccccc3)c3ccccc3-c3cc(N(c4ccc5c(c4)C4(c6ccccc6-c6ccccc64)c4ccccc4-5)c4ccc5c(c4)C4(c6ccccc6-5)c5ccc6ccccc6c5Oc5c4ccc4ccccc54)ccc32)cc1. The van der Waals surface area contributed by atoms with Gasteiger partial charge >= 0.3 is 0 Å². The van der Waals surface area contributed by atoms with Gasteiger partial charge in [0.2, 0.25) is 0 Å². The number of hydrogen-bond donors (Lipinski definition) is 0. The van der Waals surface area contributed by atoms with E-state index < -0.39 is 16.2 Å². The summed E-state index contributed by atoms with van der Waals surface area (Å²) in [6.45, 7) is 0.